The van der Waals surface area contributed by atoms with Crippen molar-refractivity contribution in [3.63, 3.8) is 0 Å². The summed E-state index contributed by atoms with van der Waals surface area (Å²) in [4.78, 5) is 24.4. The van der Waals surface area contributed by atoms with Crippen LogP contribution in [0.25, 0.3) is 0 Å². The van der Waals surface area contributed by atoms with Crippen LogP contribution in [0.5, 0.6) is 0 Å². The van der Waals surface area contributed by atoms with Crippen molar-refractivity contribution < 1.29 is 19.2 Å². The fraction of sp³-hybridized carbons (Fsp3) is 0.545. The van der Waals surface area contributed by atoms with Crippen molar-refractivity contribution in [1.29, 1.82) is 0 Å². The number of nitrogens with zero attached hydrogens (tertiary/aromatic N) is 2. The van der Waals surface area contributed by atoms with Crippen LogP contribution in [0.15, 0.2) is 10.6 Å². The lowest BCUT2D eigenvalue weighted by atomic mass is 10.0. The van der Waals surface area contributed by atoms with Gasteiger partial charge in [0.2, 0.25) is 5.76 Å². The molecular weight excluding hydrogens is 224 g/mol. The molecule has 2 rings (SSSR count). The number of carbonyl (C=O) groups is 2. The molecule has 1 saturated heterocycles. The van der Waals surface area contributed by atoms with Crippen molar-refractivity contribution >= 4 is 11.9 Å². The third-order valence-electron chi connectivity index (χ3n) is 3.09. The van der Waals surface area contributed by atoms with Gasteiger partial charge in [-0.25, -0.2) is 4.79 Å². The van der Waals surface area contributed by atoms with Gasteiger partial charge in [0.05, 0.1) is 0 Å². The second-order valence-electron chi connectivity index (χ2n) is 4.75. The second kappa shape index (κ2) is 3.87. The Morgan fingerprint density at radius 2 is 2.24 bits per heavy atom. The smallest absolute Gasteiger partial charge is 0.374 e. The molecule has 92 valence electrons. The summed E-state index contributed by atoms with van der Waals surface area (Å²) in [7, 11) is 0. The van der Waals surface area contributed by atoms with Crippen LogP contribution in [-0.2, 0) is 0 Å². The van der Waals surface area contributed by atoms with E-state index in [9.17, 15) is 9.59 Å². The van der Waals surface area contributed by atoms with E-state index in [0.717, 1.165) is 12.8 Å². The van der Waals surface area contributed by atoms with E-state index in [-0.39, 0.29) is 22.9 Å². The summed E-state index contributed by atoms with van der Waals surface area (Å²) in [6.45, 7) is 4.63. The molecule has 0 aromatic carbocycles. The van der Waals surface area contributed by atoms with Gasteiger partial charge in [0.15, 0.2) is 5.69 Å². The lowest BCUT2D eigenvalue weighted by Crippen LogP contribution is -2.42. The first kappa shape index (κ1) is 11.6. The van der Waals surface area contributed by atoms with Gasteiger partial charge in [0, 0.05) is 18.2 Å². The largest absolute Gasteiger partial charge is 0.475 e. The number of carbonyl (C=O) groups excluding carboxylic acids is 1. The van der Waals surface area contributed by atoms with E-state index >= 15 is 0 Å². The molecule has 6 heteroatoms. The van der Waals surface area contributed by atoms with Crippen LogP contribution < -0.4 is 0 Å². The minimum atomic E-state index is -1.22. The molecule has 1 aliphatic heterocycles. The average Bonchev–Trinajstić information content (AvgIpc) is 2.82. The van der Waals surface area contributed by atoms with E-state index in [2.05, 4.69) is 9.68 Å². The maximum atomic E-state index is 12.1. The summed E-state index contributed by atoms with van der Waals surface area (Å²) < 4.78 is 4.58. The Hall–Kier alpha value is -1.85. The molecule has 6 nitrogen and oxygen atoms in total. The van der Waals surface area contributed by atoms with Gasteiger partial charge in [0.1, 0.15) is 0 Å². The molecule has 0 unspecified atom stereocenters. The van der Waals surface area contributed by atoms with Crippen molar-refractivity contribution in [2.24, 2.45) is 0 Å². The first-order valence-corrected chi connectivity index (χ1v) is 5.44. The van der Waals surface area contributed by atoms with Crippen LogP contribution in [0, 0.1) is 0 Å². The number of carboxylic acid groups (broad SMARTS) is 1. The molecule has 1 aromatic rings. The summed E-state index contributed by atoms with van der Waals surface area (Å²) in [5.41, 5.74) is -0.156. The summed E-state index contributed by atoms with van der Waals surface area (Å²) in [6, 6.07) is 1.17. The Balaban J connectivity index is 2.22. The molecule has 0 aliphatic carbocycles. The first-order valence-electron chi connectivity index (χ1n) is 5.44. The maximum absolute atomic E-state index is 12.1. The van der Waals surface area contributed by atoms with Gasteiger partial charge in [-0.05, 0) is 26.7 Å². The normalized spacial score (nSPS) is 18.4. The van der Waals surface area contributed by atoms with E-state index < -0.39 is 5.97 Å². The fourth-order valence-electron chi connectivity index (χ4n) is 2.10. The molecule has 0 atom stereocenters. The Labute approximate surface area is 98.2 Å². The SMILES string of the molecule is CC1(C)CCCN1C(=O)c1cc(C(=O)O)on1. The number of amides is 1. The number of aromatic carboxylic acids is 1. The quantitative estimate of drug-likeness (QED) is 0.841. The molecule has 1 aromatic heterocycles. The number of likely N-dealkylation sites (tertiary alicyclic amines) is 1. The summed E-state index contributed by atoms with van der Waals surface area (Å²) >= 11 is 0. The topological polar surface area (TPSA) is 83.6 Å². The average molecular weight is 238 g/mol. The van der Waals surface area contributed by atoms with Crippen LogP contribution in [-0.4, -0.2) is 39.1 Å². The van der Waals surface area contributed by atoms with Gasteiger partial charge in [-0.3, -0.25) is 4.79 Å². The first-order chi connectivity index (χ1) is 7.92. The van der Waals surface area contributed by atoms with Gasteiger partial charge in [-0.15, -0.1) is 0 Å². The minimum absolute atomic E-state index is 0.0531. The Morgan fingerprint density at radius 3 is 2.71 bits per heavy atom. The highest BCUT2D eigenvalue weighted by atomic mass is 16.5. The molecule has 0 radical (unpaired) electrons. The summed E-state index contributed by atoms with van der Waals surface area (Å²) in [5, 5.41) is 12.2. The van der Waals surface area contributed by atoms with Gasteiger partial charge in [0.25, 0.3) is 5.91 Å². The number of aromatic nitrogens is 1. The van der Waals surface area contributed by atoms with E-state index in [1.165, 1.54) is 6.07 Å². The molecule has 0 saturated carbocycles. The lowest BCUT2D eigenvalue weighted by molar-refractivity contribution is 0.0626. The highest BCUT2D eigenvalue weighted by molar-refractivity contribution is 5.95. The highest BCUT2D eigenvalue weighted by Gasteiger charge is 2.37. The monoisotopic (exact) mass is 238 g/mol. The van der Waals surface area contributed by atoms with Crippen molar-refractivity contribution in [3.05, 3.63) is 17.5 Å². The zero-order chi connectivity index (χ0) is 12.6. The highest BCUT2D eigenvalue weighted by Crippen LogP contribution is 2.29. The molecule has 0 spiro atoms. The van der Waals surface area contributed by atoms with Gasteiger partial charge >= 0.3 is 5.97 Å². The maximum Gasteiger partial charge on any atom is 0.374 e. The predicted molar refractivity (Wildman–Crippen MR) is 57.8 cm³/mol. The molecule has 1 aliphatic rings. The van der Waals surface area contributed by atoms with Crippen LogP contribution in [0.1, 0.15) is 47.7 Å². The standard InChI is InChI=1S/C11H14N2O4/c1-11(2)4-3-5-13(11)9(14)7-6-8(10(15)16)17-12-7/h6H,3-5H2,1-2H3,(H,15,16). The molecule has 1 fully saturated rings. The van der Waals surface area contributed by atoms with Crippen LogP contribution >= 0.6 is 0 Å². The Bertz CT molecular complexity index is 464. The predicted octanol–water partition coefficient (Wildman–Crippen LogP) is 1.39. The van der Waals surface area contributed by atoms with E-state index in [1.807, 2.05) is 13.8 Å². The molecule has 0 bridgehead atoms. The van der Waals surface area contributed by atoms with Crippen LogP contribution in [0.2, 0.25) is 0 Å². The Kier molecular flexibility index (Phi) is 2.65. The fourth-order valence-corrected chi connectivity index (χ4v) is 2.10. The third kappa shape index (κ3) is 2.02. The summed E-state index contributed by atoms with van der Waals surface area (Å²) in [5.74, 6) is -1.81. The third-order valence-corrected chi connectivity index (χ3v) is 3.09. The van der Waals surface area contributed by atoms with Gasteiger partial charge < -0.3 is 14.5 Å². The molecule has 1 N–H and O–H groups in total. The van der Waals surface area contributed by atoms with E-state index in [4.69, 9.17) is 5.11 Å². The second-order valence-corrected chi connectivity index (χ2v) is 4.75. The number of hydrogen-bond donors (Lipinski definition) is 1. The van der Waals surface area contributed by atoms with Gasteiger partial charge in [-0.2, -0.15) is 0 Å². The molecule has 17 heavy (non-hydrogen) atoms. The van der Waals surface area contributed by atoms with Crippen LogP contribution in [0.3, 0.4) is 0 Å². The zero-order valence-electron chi connectivity index (χ0n) is 9.77. The molecular formula is C11H14N2O4. The van der Waals surface area contributed by atoms with E-state index in [0.29, 0.717) is 6.54 Å². The lowest BCUT2D eigenvalue weighted by Gasteiger charge is -2.30. The summed E-state index contributed by atoms with van der Waals surface area (Å²) in [6.07, 6.45) is 1.88. The van der Waals surface area contributed by atoms with E-state index in [1.54, 1.807) is 4.90 Å². The number of rotatable bonds is 2. The number of carboxylic acids is 1. The minimum Gasteiger partial charge on any atom is -0.475 e. The zero-order valence-corrected chi connectivity index (χ0v) is 9.77. The molecule has 1 amide bonds. The van der Waals surface area contributed by atoms with Crippen molar-refractivity contribution in [1.82, 2.24) is 10.1 Å². The van der Waals surface area contributed by atoms with Crippen molar-refractivity contribution in [2.75, 3.05) is 6.54 Å². The van der Waals surface area contributed by atoms with Gasteiger partial charge in [-0.1, -0.05) is 5.16 Å². The molecule has 2 heterocycles. The van der Waals surface area contributed by atoms with Crippen molar-refractivity contribution in [2.45, 2.75) is 32.2 Å². The number of hydrogen-bond acceptors (Lipinski definition) is 4. The Morgan fingerprint density at radius 1 is 1.53 bits per heavy atom. The van der Waals surface area contributed by atoms with Crippen LogP contribution in [0.4, 0.5) is 0 Å². The van der Waals surface area contributed by atoms with Crippen molar-refractivity contribution in [3.8, 4) is 0 Å².